The normalized spacial score (nSPS) is 11.7. The smallest absolute Gasteiger partial charge is 0.262 e. The first-order valence-corrected chi connectivity index (χ1v) is 10.9. The average molecular weight is 480 g/mol. The molecule has 4 rings (SSSR count). The molecule has 2 N–H and O–H groups in total. The van der Waals surface area contributed by atoms with Crippen LogP contribution in [0.2, 0.25) is 5.02 Å². The van der Waals surface area contributed by atoms with Gasteiger partial charge in [0, 0.05) is 23.3 Å². The van der Waals surface area contributed by atoms with Gasteiger partial charge in [0.1, 0.15) is 17.3 Å². The summed E-state index contributed by atoms with van der Waals surface area (Å²) in [6, 6.07) is 6.14. The lowest BCUT2D eigenvalue weighted by molar-refractivity contribution is 0.103. The highest BCUT2D eigenvalue weighted by molar-refractivity contribution is 7.92. The van der Waals surface area contributed by atoms with Crippen molar-refractivity contribution in [3.05, 3.63) is 88.0 Å². The molecule has 0 aliphatic rings. The molecule has 2 aromatic carbocycles. The molecule has 0 aliphatic carbocycles. The summed E-state index contributed by atoms with van der Waals surface area (Å²) in [7, 11) is -4.42. The van der Waals surface area contributed by atoms with Gasteiger partial charge in [-0.25, -0.2) is 26.6 Å². The zero-order chi connectivity index (χ0) is 23.2. The van der Waals surface area contributed by atoms with Gasteiger partial charge in [-0.1, -0.05) is 17.7 Å². The van der Waals surface area contributed by atoms with Crippen molar-refractivity contribution in [2.75, 3.05) is 4.72 Å². The number of aryl methyl sites for hydroxylation is 1. The number of halogens is 4. The first kappa shape index (κ1) is 21.8. The fourth-order valence-electron chi connectivity index (χ4n) is 3.08. The monoisotopic (exact) mass is 479 g/mol. The van der Waals surface area contributed by atoms with E-state index in [1.165, 1.54) is 31.5 Å². The van der Waals surface area contributed by atoms with E-state index in [4.69, 9.17) is 11.6 Å². The van der Waals surface area contributed by atoms with Crippen LogP contribution in [0.4, 0.5) is 18.9 Å². The standard InChI is InChI=1S/C21H13ClF3N3O3S/c1-10-2-3-12(7-16(10)24)32(30,31)28-17-5-4-15(23)18(19(17)25)20(29)14-9-27-21-13(14)6-11(22)8-26-21/h2-9,28H,1H3,(H,26,27). The van der Waals surface area contributed by atoms with Crippen molar-refractivity contribution < 1.29 is 26.4 Å². The summed E-state index contributed by atoms with van der Waals surface area (Å²) in [5.41, 5.74) is -1.25. The highest BCUT2D eigenvalue weighted by Crippen LogP contribution is 2.29. The molecule has 0 unspecified atom stereocenters. The number of fused-ring (bicyclic) bond motifs is 1. The lowest BCUT2D eigenvalue weighted by atomic mass is 10.0. The summed E-state index contributed by atoms with van der Waals surface area (Å²) >= 11 is 5.90. The van der Waals surface area contributed by atoms with Crippen LogP contribution in [0.25, 0.3) is 11.0 Å². The number of hydrogen-bond donors (Lipinski definition) is 2. The van der Waals surface area contributed by atoms with Crippen molar-refractivity contribution in [1.29, 1.82) is 0 Å². The van der Waals surface area contributed by atoms with Crippen LogP contribution in [0.3, 0.4) is 0 Å². The van der Waals surface area contributed by atoms with Crippen LogP contribution in [0, 0.1) is 24.4 Å². The van der Waals surface area contributed by atoms with Crippen LogP contribution < -0.4 is 4.72 Å². The van der Waals surface area contributed by atoms with Gasteiger partial charge < -0.3 is 4.98 Å². The summed E-state index contributed by atoms with van der Waals surface area (Å²) in [6.07, 6.45) is 2.56. The van der Waals surface area contributed by atoms with Gasteiger partial charge in [-0.3, -0.25) is 9.52 Å². The van der Waals surface area contributed by atoms with E-state index in [0.717, 1.165) is 24.3 Å². The third-order valence-corrected chi connectivity index (χ3v) is 6.33. The van der Waals surface area contributed by atoms with E-state index in [-0.39, 0.29) is 27.2 Å². The first-order chi connectivity index (χ1) is 15.1. The van der Waals surface area contributed by atoms with Crippen LogP contribution in [0.15, 0.2) is 53.7 Å². The van der Waals surface area contributed by atoms with Crippen molar-refractivity contribution in [1.82, 2.24) is 9.97 Å². The van der Waals surface area contributed by atoms with Gasteiger partial charge in [0.25, 0.3) is 10.0 Å². The number of carbonyl (C=O) groups is 1. The van der Waals surface area contributed by atoms with E-state index >= 15 is 4.39 Å². The topological polar surface area (TPSA) is 91.9 Å². The Morgan fingerprint density at radius 3 is 2.56 bits per heavy atom. The number of aromatic amines is 1. The van der Waals surface area contributed by atoms with Crippen molar-refractivity contribution in [3.8, 4) is 0 Å². The molecule has 0 spiro atoms. The van der Waals surface area contributed by atoms with Gasteiger partial charge in [0.2, 0.25) is 5.78 Å². The molecule has 164 valence electrons. The van der Waals surface area contributed by atoms with Crippen LogP contribution in [0.5, 0.6) is 0 Å². The molecule has 0 atom stereocenters. The molecule has 0 fully saturated rings. The Labute approximate surface area is 185 Å². The predicted molar refractivity (Wildman–Crippen MR) is 113 cm³/mol. The molecule has 6 nitrogen and oxygen atoms in total. The van der Waals surface area contributed by atoms with E-state index in [1.807, 2.05) is 4.72 Å². The van der Waals surface area contributed by atoms with Crippen molar-refractivity contribution >= 4 is 44.1 Å². The van der Waals surface area contributed by atoms with Crippen molar-refractivity contribution in [2.45, 2.75) is 11.8 Å². The molecule has 0 bridgehead atoms. The van der Waals surface area contributed by atoms with Gasteiger partial charge in [0.05, 0.1) is 21.2 Å². The summed E-state index contributed by atoms with van der Waals surface area (Å²) in [5, 5.41) is 0.446. The number of carbonyl (C=O) groups excluding carboxylic acids is 1. The molecule has 11 heteroatoms. The lowest BCUT2D eigenvalue weighted by Gasteiger charge is -2.12. The molecular weight excluding hydrogens is 467 g/mol. The number of H-pyrrole nitrogens is 1. The highest BCUT2D eigenvalue weighted by atomic mass is 35.5. The largest absolute Gasteiger partial charge is 0.345 e. The molecule has 2 aromatic heterocycles. The number of sulfonamides is 1. The maximum atomic E-state index is 15.1. The third-order valence-electron chi connectivity index (χ3n) is 4.76. The molecule has 4 aromatic rings. The maximum absolute atomic E-state index is 15.1. The second-order valence-corrected chi connectivity index (χ2v) is 9.00. The Morgan fingerprint density at radius 2 is 1.84 bits per heavy atom. The van der Waals surface area contributed by atoms with Gasteiger partial charge in [-0.2, -0.15) is 0 Å². The fraction of sp³-hybridized carbons (Fsp3) is 0.0476. The Balaban J connectivity index is 1.76. The molecule has 32 heavy (non-hydrogen) atoms. The Hall–Kier alpha value is -3.37. The first-order valence-electron chi connectivity index (χ1n) is 9.03. The number of ketones is 1. The molecule has 0 radical (unpaired) electrons. The molecule has 0 saturated heterocycles. The molecule has 0 aliphatic heterocycles. The molecule has 0 saturated carbocycles. The quantitative estimate of drug-likeness (QED) is 0.395. The van der Waals surface area contributed by atoms with E-state index in [9.17, 15) is 22.0 Å². The number of benzene rings is 2. The SMILES string of the molecule is Cc1ccc(S(=O)(=O)Nc2ccc(F)c(C(=O)c3c[nH]c4ncc(Cl)cc34)c2F)cc1F. The highest BCUT2D eigenvalue weighted by Gasteiger charge is 2.26. The van der Waals surface area contributed by atoms with E-state index in [1.54, 1.807) is 0 Å². The van der Waals surface area contributed by atoms with Gasteiger partial charge in [-0.05, 0) is 42.8 Å². The van der Waals surface area contributed by atoms with Crippen LogP contribution in [0.1, 0.15) is 21.5 Å². The number of pyridine rings is 1. The zero-order valence-corrected chi connectivity index (χ0v) is 17.8. The van der Waals surface area contributed by atoms with Gasteiger partial charge in [-0.15, -0.1) is 0 Å². The summed E-state index contributed by atoms with van der Waals surface area (Å²) in [5.74, 6) is -4.43. The van der Waals surface area contributed by atoms with Crippen LogP contribution in [-0.2, 0) is 10.0 Å². The number of hydrogen-bond acceptors (Lipinski definition) is 4. The number of rotatable bonds is 5. The number of anilines is 1. The Morgan fingerprint density at radius 1 is 1.09 bits per heavy atom. The number of nitrogens with zero attached hydrogens (tertiary/aromatic N) is 1. The van der Waals surface area contributed by atoms with Crippen molar-refractivity contribution in [3.63, 3.8) is 0 Å². The lowest BCUT2D eigenvalue weighted by Crippen LogP contribution is -2.16. The predicted octanol–water partition coefficient (Wildman–Crippen LogP) is 4.97. The Kier molecular flexibility index (Phi) is 5.43. The second-order valence-electron chi connectivity index (χ2n) is 6.88. The summed E-state index contributed by atoms with van der Waals surface area (Å²) in [4.78, 5) is 19.2. The van der Waals surface area contributed by atoms with E-state index in [2.05, 4.69) is 9.97 Å². The van der Waals surface area contributed by atoms with E-state index in [0.29, 0.717) is 0 Å². The average Bonchev–Trinajstić information content (AvgIpc) is 3.15. The number of aromatic nitrogens is 2. The Bertz CT molecular complexity index is 1500. The summed E-state index contributed by atoms with van der Waals surface area (Å²) < 4.78 is 70.5. The molecular formula is C21H13ClF3N3O3S. The van der Waals surface area contributed by atoms with Crippen molar-refractivity contribution in [2.24, 2.45) is 0 Å². The van der Waals surface area contributed by atoms with Gasteiger partial charge >= 0.3 is 0 Å². The minimum absolute atomic E-state index is 0.103. The maximum Gasteiger partial charge on any atom is 0.262 e. The second kappa shape index (κ2) is 7.95. The summed E-state index contributed by atoms with van der Waals surface area (Å²) in [6.45, 7) is 1.45. The third kappa shape index (κ3) is 3.82. The molecule has 0 amide bonds. The number of nitrogens with one attached hydrogen (secondary N) is 2. The minimum atomic E-state index is -4.42. The van der Waals surface area contributed by atoms with Crippen LogP contribution >= 0.6 is 11.6 Å². The van der Waals surface area contributed by atoms with Crippen LogP contribution in [-0.4, -0.2) is 24.2 Å². The van der Waals surface area contributed by atoms with Gasteiger partial charge in [0.15, 0.2) is 5.82 Å². The zero-order valence-electron chi connectivity index (χ0n) is 16.2. The molecule has 2 heterocycles. The van der Waals surface area contributed by atoms with E-state index < -0.39 is 49.4 Å². The fourth-order valence-corrected chi connectivity index (χ4v) is 4.31. The minimum Gasteiger partial charge on any atom is -0.345 e.